The van der Waals surface area contributed by atoms with E-state index in [1.54, 1.807) is 22.9 Å². The molecule has 0 aliphatic carbocycles. The summed E-state index contributed by atoms with van der Waals surface area (Å²) < 4.78 is 5.25. The van der Waals surface area contributed by atoms with E-state index in [2.05, 4.69) is 31.2 Å². The first kappa shape index (κ1) is 17.0. The van der Waals surface area contributed by atoms with Crippen LogP contribution in [0.2, 0.25) is 0 Å². The van der Waals surface area contributed by atoms with Gasteiger partial charge in [0.1, 0.15) is 0 Å². The number of benzene rings is 2. The van der Waals surface area contributed by atoms with Crippen LogP contribution in [0.3, 0.4) is 0 Å². The van der Waals surface area contributed by atoms with Crippen LogP contribution in [0, 0.1) is 6.92 Å². The summed E-state index contributed by atoms with van der Waals surface area (Å²) in [5.74, 6) is 0.823. The fraction of sp³-hybridized carbons (Fsp3) is 0.278. The van der Waals surface area contributed by atoms with Gasteiger partial charge in [0.2, 0.25) is 0 Å². The Kier molecular flexibility index (Phi) is 7.40. The van der Waals surface area contributed by atoms with E-state index in [9.17, 15) is 4.79 Å². The zero-order valence-electron chi connectivity index (χ0n) is 12.7. The smallest absolute Gasteiger partial charge is 0.338 e. The molecule has 0 aliphatic heterocycles. The van der Waals surface area contributed by atoms with Crippen molar-refractivity contribution in [3.63, 3.8) is 0 Å². The van der Waals surface area contributed by atoms with E-state index in [0.717, 1.165) is 18.6 Å². The molecule has 0 unspecified atom stereocenters. The summed E-state index contributed by atoms with van der Waals surface area (Å²) in [4.78, 5) is 13.0. The summed E-state index contributed by atoms with van der Waals surface area (Å²) >= 11 is 0. The molecule has 0 aliphatic rings. The van der Waals surface area contributed by atoms with Crippen LogP contribution in [0.1, 0.15) is 28.8 Å². The normalized spacial score (nSPS) is 10.4. The van der Waals surface area contributed by atoms with Crippen LogP contribution >= 0.6 is 21.6 Å². The van der Waals surface area contributed by atoms with Crippen LogP contribution in [0.4, 0.5) is 0 Å². The van der Waals surface area contributed by atoms with E-state index in [0.29, 0.717) is 12.2 Å². The molecule has 0 saturated carbocycles. The van der Waals surface area contributed by atoms with Crippen LogP contribution in [-0.4, -0.2) is 18.3 Å². The molecule has 2 nitrogen and oxygen atoms in total. The van der Waals surface area contributed by atoms with E-state index in [4.69, 9.17) is 4.74 Å². The molecule has 0 bridgehead atoms. The quantitative estimate of drug-likeness (QED) is 0.369. The molecule has 2 rings (SSSR count). The fourth-order valence-corrected chi connectivity index (χ4v) is 3.92. The Balaban J connectivity index is 1.52. The maximum absolute atomic E-state index is 11.7. The SMILES string of the molecule is Cc1ccc(SSCCCCOC(=O)c2ccccc2)cc1. The molecular weight excluding hydrogens is 312 g/mol. The van der Waals surface area contributed by atoms with Crippen molar-refractivity contribution in [1.29, 1.82) is 0 Å². The van der Waals surface area contributed by atoms with Crippen molar-refractivity contribution < 1.29 is 9.53 Å². The molecule has 0 heterocycles. The minimum absolute atomic E-state index is 0.234. The van der Waals surface area contributed by atoms with Gasteiger partial charge in [-0.1, -0.05) is 57.5 Å². The van der Waals surface area contributed by atoms with Crippen molar-refractivity contribution in [2.75, 3.05) is 12.4 Å². The Morgan fingerprint density at radius 2 is 1.73 bits per heavy atom. The average Bonchev–Trinajstić information content (AvgIpc) is 2.56. The van der Waals surface area contributed by atoms with Gasteiger partial charge in [0, 0.05) is 10.6 Å². The van der Waals surface area contributed by atoms with E-state index in [-0.39, 0.29) is 5.97 Å². The molecule has 0 fully saturated rings. The number of ether oxygens (including phenoxy) is 1. The number of aryl methyl sites for hydroxylation is 1. The van der Waals surface area contributed by atoms with Crippen molar-refractivity contribution in [2.24, 2.45) is 0 Å². The molecule has 0 aromatic heterocycles. The largest absolute Gasteiger partial charge is 0.462 e. The van der Waals surface area contributed by atoms with Gasteiger partial charge in [0.05, 0.1) is 12.2 Å². The molecule has 0 atom stereocenters. The Labute approximate surface area is 140 Å². The zero-order chi connectivity index (χ0) is 15.6. The molecule has 0 saturated heterocycles. The molecule has 4 heteroatoms. The van der Waals surface area contributed by atoms with E-state index in [1.165, 1.54) is 10.5 Å². The van der Waals surface area contributed by atoms with Gasteiger partial charge in [0.15, 0.2) is 0 Å². The van der Waals surface area contributed by atoms with Gasteiger partial charge < -0.3 is 4.74 Å². The monoisotopic (exact) mass is 332 g/mol. The Morgan fingerprint density at radius 1 is 1.00 bits per heavy atom. The third-order valence-corrected chi connectivity index (χ3v) is 5.51. The van der Waals surface area contributed by atoms with Crippen LogP contribution in [-0.2, 0) is 4.74 Å². The molecule has 2 aromatic carbocycles. The number of hydrogen-bond donors (Lipinski definition) is 0. The lowest BCUT2D eigenvalue weighted by Gasteiger charge is -2.05. The maximum Gasteiger partial charge on any atom is 0.338 e. The standard InChI is InChI=1S/C18H20O2S2/c1-15-9-11-17(12-10-15)22-21-14-6-5-13-20-18(19)16-7-3-2-4-8-16/h2-4,7-12H,5-6,13-14H2,1H3. The average molecular weight is 332 g/mol. The van der Waals surface area contributed by atoms with Crippen LogP contribution < -0.4 is 0 Å². The van der Waals surface area contributed by atoms with Gasteiger partial charge in [-0.2, -0.15) is 0 Å². The van der Waals surface area contributed by atoms with Gasteiger partial charge in [-0.25, -0.2) is 4.79 Å². The molecule has 0 amide bonds. The van der Waals surface area contributed by atoms with Gasteiger partial charge in [-0.15, -0.1) is 0 Å². The van der Waals surface area contributed by atoms with Crippen LogP contribution in [0.5, 0.6) is 0 Å². The predicted molar refractivity (Wildman–Crippen MR) is 95.5 cm³/mol. The predicted octanol–water partition coefficient (Wildman–Crippen LogP) is 5.37. The maximum atomic E-state index is 11.7. The summed E-state index contributed by atoms with van der Waals surface area (Å²) in [5.41, 5.74) is 1.90. The summed E-state index contributed by atoms with van der Waals surface area (Å²) in [5, 5.41) is 0. The molecule has 2 aromatic rings. The van der Waals surface area contributed by atoms with Gasteiger partial charge in [0.25, 0.3) is 0 Å². The van der Waals surface area contributed by atoms with Crippen molar-refractivity contribution in [1.82, 2.24) is 0 Å². The van der Waals surface area contributed by atoms with Crippen molar-refractivity contribution in [2.45, 2.75) is 24.7 Å². The molecule has 0 radical (unpaired) electrons. The minimum atomic E-state index is -0.234. The van der Waals surface area contributed by atoms with Gasteiger partial charge in [-0.3, -0.25) is 0 Å². The fourth-order valence-electron chi connectivity index (χ4n) is 1.79. The first-order valence-electron chi connectivity index (χ1n) is 7.34. The van der Waals surface area contributed by atoms with Crippen molar-refractivity contribution in [3.05, 3.63) is 65.7 Å². The number of rotatable bonds is 8. The number of carbonyl (C=O) groups excluding carboxylic acids is 1. The molecular formula is C18H20O2S2. The summed E-state index contributed by atoms with van der Waals surface area (Å²) in [6.07, 6.45) is 1.95. The van der Waals surface area contributed by atoms with E-state index < -0.39 is 0 Å². The zero-order valence-corrected chi connectivity index (χ0v) is 14.3. The number of hydrogen-bond acceptors (Lipinski definition) is 4. The van der Waals surface area contributed by atoms with Gasteiger partial charge in [-0.05, 0) is 44.0 Å². The third kappa shape index (κ3) is 6.16. The summed E-state index contributed by atoms with van der Waals surface area (Å²) in [7, 11) is 3.64. The highest BCUT2D eigenvalue weighted by Gasteiger charge is 2.04. The minimum Gasteiger partial charge on any atom is -0.462 e. The topological polar surface area (TPSA) is 26.3 Å². The molecule has 116 valence electrons. The van der Waals surface area contributed by atoms with Crippen molar-refractivity contribution >= 4 is 27.6 Å². The van der Waals surface area contributed by atoms with Crippen LogP contribution in [0.25, 0.3) is 0 Å². The lowest BCUT2D eigenvalue weighted by molar-refractivity contribution is 0.0500. The lowest BCUT2D eigenvalue weighted by atomic mass is 10.2. The number of carbonyl (C=O) groups is 1. The second-order valence-corrected chi connectivity index (χ2v) is 7.42. The summed E-state index contributed by atoms with van der Waals surface area (Å²) in [6, 6.07) is 17.7. The highest BCUT2D eigenvalue weighted by molar-refractivity contribution is 8.76. The van der Waals surface area contributed by atoms with E-state index in [1.807, 2.05) is 29.0 Å². The highest BCUT2D eigenvalue weighted by atomic mass is 33.1. The molecule has 22 heavy (non-hydrogen) atoms. The Morgan fingerprint density at radius 3 is 2.45 bits per heavy atom. The summed E-state index contributed by atoms with van der Waals surface area (Å²) in [6.45, 7) is 2.59. The Bertz CT molecular complexity index is 567. The second-order valence-electron chi connectivity index (χ2n) is 4.93. The second kappa shape index (κ2) is 9.59. The lowest BCUT2D eigenvalue weighted by Crippen LogP contribution is -2.06. The first-order valence-corrected chi connectivity index (χ1v) is 9.66. The van der Waals surface area contributed by atoms with Crippen LogP contribution in [0.15, 0.2) is 59.5 Å². The van der Waals surface area contributed by atoms with E-state index >= 15 is 0 Å². The third-order valence-electron chi connectivity index (χ3n) is 3.04. The van der Waals surface area contributed by atoms with Gasteiger partial charge >= 0.3 is 5.97 Å². The molecule has 0 spiro atoms. The highest BCUT2D eigenvalue weighted by Crippen LogP contribution is 2.31. The van der Waals surface area contributed by atoms with Crippen molar-refractivity contribution in [3.8, 4) is 0 Å². The first-order chi connectivity index (χ1) is 10.8. The molecule has 0 N–H and O–H groups in total. The number of unbranched alkanes of at least 4 members (excludes halogenated alkanes) is 1. The Hall–Kier alpha value is -1.39. The number of esters is 1.